The van der Waals surface area contributed by atoms with Gasteiger partial charge in [-0.1, -0.05) is 33.8 Å². The molecule has 0 aliphatic heterocycles. The lowest BCUT2D eigenvalue weighted by Crippen LogP contribution is -2.19. The number of fused-ring (bicyclic) bond motifs is 1. The van der Waals surface area contributed by atoms with E-state index in [1.165, 1.54) is 11.1 Å². The van der Waals surface area contributed by atoms with Crippen LogP contribution in [-0.4, -0.2) is 15.1 Å². The second-order valence-electron chi connectivity index (χ2n) is 6.61. The van der Waals surface area contributed by atoms with Gasteiger partial charge in [0, 0.05) is 11.6 Å². The Kier molecular flexibility index (Phi) is 3.83. The normalized spacial score (nSPS) is 12.7. The molecule has 3 heteroatoms. The highest BCUT2D eigenvalue weighted by atomic mass is 16.3. The van der Waals surface area contributed by atoms with E-state index in [9.17, 15) is 5.11 Å². The smallest absolute Gasteiger partial charge is 0.160 e. The average molecular weight is 272 g/mol. The molecule has 1 aromatic carbocycles. The molecular weight excluding hydrogens is 248 g/mol. The van der Waals surface area contributed by atoms with Crippen LogP contribution in [0.2, 0.25) is 0 Å². The molecule has 0 amide bonds. The molecule has 0 fully saturated rings. The van der Waals surface area contributed by atoms with Gasteiger partial charge in [-0.15, -0.1) is 0 Å². The van der Waals surface area contributed by atoms with Crippen molar-refractivity contribution in [1.29, 1.82) is 0 Å². The topological polar surface area (TPSA) is 46.0 Å². The zero-order valence-corrected chi connectivity index (χ0v) is 13.2. The Labute approximate surface area is 121 Å². The second kappa shape index (κ2) is 5.13. The third-order valence-electron chi connectivity index (χ3n) is 3.57. The first-order valence-electron chi connectivity index (χ1n) is 7.23. The highest BCUT2D eigenvalue weighted by molar-refractivity contribution is 5.82. The van der Waals surface area contributed by atoms with E-state index in [2.05, 4.69) is 49.8 Å². The van der Waals surface area contributed by atoms with Gasteiger partial charge in [0.1, 0.15) is 5.60 Å². The highest BCUT2D eigenvalue weighted by Crippen LogP contribution is 2.29. The minimum atomic E-state index is -1.01. The second-order valence-corrected chi connectivity index (χ2v) is 6.61. The van der Waals surface area contributed by atoms with Gasteiger partial charge in [0.2, 0.25) is 0 Å². The van der Waals surface area contributed by atoms with E-state index in [1.807, 2.05) is 6.20 Å². The van der Waals surface area contributed by atoms with Crippen molar-refractivity contribution in [2.75, 3.05) is 0 Å². The predicted octanol–water partition coefficient (Wildman–Crippen LogP) is 4.10. The molecule has 0 saturated carbocycles. The van der Waals surface area contributed by atoms with Crippen molar-refractivity contribution in [3.05, 3.63) is 35.3 Å². The largest absolute Gasteiger partial charge is 0.382 e. The van der Waals surface area contributed by atoms with Gasteiger partial charge in [0.15, 0.2) is 5.82 Å². The summed E-state index contributed by atoms with van der Waals surface area (Å²) in [7, 11) is 0. The zero-order valence-electron chi connectivity index (χ0n) is 13.2. The molecule has 2 rings (SSSR count). The Balaban J connectivity index is 2.74. The maximum atomic E-state index is 10.1. The lowest BCUT2D eigenvalue weighted by Gasteiger charge is -2.18. The molecule has 0 atom stereocenters. The number of aromatic nitrogens is 2. The lowest BCUT2D eigenvalue weighted by atomic mass is 9.93. The zero-order chi connectivity index (χ0) is 15.1. The van der Waals surface area contributed by atoms with E-state index in [4.69, 9.17) is 0 Å². The first-order chi connectivity index (χ1) is 9.20. The van der Waals surface area contributed by atoms with Crippen molar-refractivity contribution in [1.82, 2.24) is 9.97 Å². The SMILES string of the molecule is CC(C)c1cc(C(C)C)c2nc(C(C)(C)O)ncc2c1. The summed E-state index contributed by atoms with van der Waals surface area (Å²) in [5, 5.41) is 11.1. The summed E-state index contributed by atoms with van der Waals surface area (Å²) in [6.45, 7) is 12.2. The molecular formula is C17H24N2O. The first kappa shape index (κ1) is 14.9. The monoisotopic (exact) mass is 272 g/mol. The number of benzene rings is 1. The molecule has 1 aromatic heterocycles. The van der Waals surface area contributed by atoms with Crippen molar-refractivity contribution in [3.63, 3.8) is 0 Å². The molecule has 0 bridgehead atoms. The molecule has 20 heavy (non-hydrogen) atoms. The average Bonchev–Trinajstić information content (AvgIpc) is 2.35. The van der Waals surface area contributed by atoms with Crippen molar-refractivity contribution in [2.45, 2.75) is 59.0 Å². The van der Waals surface area contributed by atoms with Crippen LogP contribution in [0.3, 0.4) is 0 Å². The fourth-order valence-electron chi connectivity index (χ4n) is 2.27. The van der Waals surface area contributed by atoms with E-state index in [-0.39, 0.29) is 0 Å². The third-order valence-corrected chi connectivity index (χ3v) is 3.57. The van der Waals surface area contributed by atoms with Gasteiger partial charge in [0.25, 0.3) is 0 Å². The van der Waals surface area contributed by atoms with Crippen LogP contribution in [0.15, 0.2) is 18.3 Å². The van der Waals surface area contributed by atoms with Crippen LogP contribution in [0.4, 0.5) is 0 Å². The lowest BCUT2D eigenvalue weighted by molar-refractivity contribution is 0.0691. The summed E-state index contributed by atoms with van der Waals surface area (Å²) in [4.78, 5) is 8.92. The van der Waals surface area contributed by atoms with Gasteiger partial charge in [-0.25, -0.2) is 9.97 Å². The minimum Gasteiger partial charge on any atom is -0.382 e. The fourth-order valence-corrected chi connectivity index (χ4v) is 2.27. The summed E-state index contributed by atoms with van der Waals surface area (Å²) in [5.41, 5.74) is 2.47. The van der Waals surface area contributed by atoms with Crippen LogP contribution >= 0.6 is 0 Å². The number of hydrogen-bond donors (Lipinski definition) is 1. The van der Waals surface area contributed by atoms with Gasteiger partial charge < -0.3 is 5.11 Å². The van der Waals surface area contributed by atoms with Crippen LogP contribution in [0, 0.1) is 0 Å². The van der Waals surface area contributed by atoms with Crippen LogP contribution in [-0.2, 0) is 5.60 Å². The number of aliphatic hydroxyl groups is 1. The standard InChI is InChI=1S/C17H24N2O/c1-10(2)12-7-13-9-18-16(17(5,6)20)19-15(13)14(8-12)11(3)4/h7-11,20H,1-6H3. The van der Waals surface area contributed by atoms with Crippen LogP contribution in [0.5, 0.6) is 0 Å². The third kappa shape index (κ3) is 2.83. The Morgan fingerprint density at radius 3 is 2.20 bits per heavy atom. The molecule has 0 radical (unpaired) electrons. The van der Waals surface area contributed by atoms with Crippen molar-refractivity contribution in [3.8, 4) is 0 Å². The molecule has 0 aliphatic carbocycles. The number of hydrogen-bond acceptors (Lipinski definition) is 3. The number of nitrogens with zero attached hydrogens (tertiary/aromatic N) is 2. The highest BCUT2D eigenvalue weighted by Gasteiger charge is 2.21. The summed E-state index contributed by atoms with van der Waals surface area (Å²) in [5.74, 6) is 1.34. The molecule has 0 spiro atoms. The maximum Gasteiger partial charge on any atom is 0.160 e. The van der Waals surface area contributed by atoms with Gasteiger partial charge in [0.05, 0.1) is 5.52 Å². The molecule has 0 unspecified atom stereocenters. The van der Waals surface area contributed by atoms with Crippen molar-refractivity contribution < 1.29 is 5.11 Å². The fraction of sp³-hybridized carbons (Fsp3) is 0.529. The summed E-state index contributed by atoms with van der Waals surface area (Å²) in [6.07, 6.45) is 1.83. The Bertz CT molecular complexity index is 625. The molecule has 1 heterocycles. The van der Waals surface area contributed by atoms with Crippen molar-refractivity contribution >= 4 is 10.9 Å². The summed E-state index contributed by atoms with van der Waals surface area (Å²) < 4.78 is 0. The summed E-state index contributed by atoms with van der Waals surface area (Å²) in [6, 6.07) is 4.39. The quantitative estimate of drug-likeness (QED) is 0.914. The Hall–Kier alpha value is -1.48. The van der Waals surface area contributed by atoms with E-state index < -0.39 is 5.60 Å². The Morgan fingerprint density at radius 1 is 1.05 bits per heavy atom. The maximum absolute atomic E-state index is 10.1. The molecule has 3 nitrogen and oxygen atoms in total. The van der Waals surface area contributed by atoms with E-state index in [0.717, 1.165) is 10.9 Å². The predicted molar refractivity (Wildman–Crippen MR) is 83.0 cm³/mol. The van der Waals surface area contributed by atoms with E-state index >= 15 is 0 Å². The van der Waals surface area contributed by atoms with Gasteiger partial charge in [-0.2, -0.15) is 0 Å². The number of rotatable bonds is 3. The van der Waals surface area contributed by atoms with Gasteiger partial charge in [-0.3, -0.25) is 0 Å². The molecule has 0 aliphatic rings. The van der Waals surface area contributed by atoms with Gasteiger partial charge in [-0.05, 0) is 42.9 Å². The Morgan fingerprint density at radius 2 is 1.70 bits per heavy atom. The minimum absolute atomic E-state index is 0.390. The summed E-state index contributed by atoms with van der Waals surface area (Å²) >= 11 is 0. The first-order valence-corrected chi connectivity index (χ1v) is 7.23. The molecule has 108 valence electrons. The molecule has 1 N–H and O–H groups in total. The van der Waals surface area contributed by atoms with E-state index in [0.29, 0.717) is 17.7 Å². The van der Waals surface area contributed by atoms with E-state index in [1.54, 1.807) is 13.8 Å². The van der Waals surface area contributed by atoms with Crippen LogP contribution in [0.1, 0.15) is 70.3 Å². The van der Waals surface area contributed by atoms with Crippen LogP contribution < -0.4 is 0 Å². The van der Waals surface area contributed by atoms with Gasteiger partial charge >= 0.3 is 0 Å². The van der Waals surface area contributed by atoms with Crippen LogP contribution in [0.25, 0.3) is 10.9 Å². The molecule has 0 saturated heterocycles. The molecule has 2 aromatic rings. The van der Waals surface area contributed by atoms with Crippen molar-refractivity contribution in [2.24, 2.45) is 0 Å².